The predicted molar refractivity (Wildman–Crippen MR) is 86.6 cm³/mol. The molecule has 3 heterocycles. The van der Waals surface area contributed by atoms with Crippen LogP contribution in [0.3, 0.4) is 0 Å². The standard InChI is InChI=1S/C13H13N5O2S.ClH/c1-8-15-16-13-18(8)17-12(7-21-13)14-9-2-3-10-11(6-9)20-5-4-19-10;/h2-3,6H,4-5,7H2,1H3,(H,14,17);1H. The number of aliphatic imine (C=N–C) groups is 1. The van der Waals surface area contributed by atoms with Gasteiger partial charge in [-0.3, -0.25) is 5.43 Å². The first-order valence-electron chi connectivity index (χ1n) is 6.59. The Labute approximate surface area is 137 Å². The Balaban J connectivity index is 0.00000144. The number of amidine groups is 1. The lowest BCUT2D eigenvalue weighted by Gasteiger charge is -2.19. The minimum atomic E-state index is 0. The van der Waals surface area contributed by atoms with Gasteiger partial charge < -0.3 is 9.47 Å². The van der Waals surface area contributed by atoms with Crippen LogP contribution < -0.4 is 14.9 Å². The first-order valence-corrected chi connectivity index (χ1v) is 7.57. The fraction of sp³-hybridized carbons (Fsp3) is 0.308. The monoisotopic (exact) mass is 339 g/mol. The molecular weight excluding hydrogens is 326 g/mol. The Kier molecular flexibility index (Phi) is 4.12. The molecule has 2 aliphatic heterocycles. The first-order chi connectivity index (χ1) is 10.3. The van der Waals surface area contributed by atoms with E-state index < -0.39 is 0 Å². The predicted octanol–water partition coefficient (Wildman–Crippen LogP) is 2.16. The molecule has 1 aromatic carbocycles. The lowest BCUT2D eigenvalue weighted by molar-refractivity contribution is 0.171. The van der Waals surface area contributed by atoms with E-state index in [2.05, 4.69) is 20.6 Å². The number of nitrogens with zero attached hydrogens (tertiary/aromatic N) is 4. The maximum Gasteiger partial charge on any atom is 0.210 e. The summed E-state index contributed by atoms with van der Waals surface area (Å²) >= 11 is 1.61. The van der Waals surface area contributed by atoms with Crippen molar-refractivity contribution in [3.63, 3.8) is 0 Å². The lowest BCUT2D eigenvalue weighted by atomic mass is 10.2. The van der Waals surface area contributed by atoms with E-state index in [9.17, 15) is 0 Å². The van der Waals surface area contributed by atoms with Gasteiger partial charge in [0.05, 0.1) is 11.4 Å². The third-order valence-electron chi connectivity index (χ3n) is 3.16. The van der Waals surface area contributed by atoms with E-state index in [-0.39, 0.29) is 12.4 Å². The molecule has 0 radical (unpaired) electrons. The highest BCUT2D eigenvalue weighted by Crippen LogP contribution is 2.34. The van der Waals surface area contributed by atoms with E-state index in [4.69, 9.17) is 9.47 Å². The molecular formula is C13H14ClN5O2S. The molecule has 0 aliphatic carbocycles. The van der Waals surface area contributed by atoms with Crippen LogP contribution in [0.4, 0.5) is 5.69 Å². The zero-order chi connectivity index (χ0) is 14.2. The van der Waals surface area contributed by atoms with E-state index in [0.29, 0.717) is 13.2 Å². The minimum Gasteiger partial charge on any atom is -0.486 e. The van der Waals surface area contributed by atoms with Crippen LogP contribution >= 0.6 is 24.2 Å². The average Bonchev–Trinajstić information content (AvgIpc) is 2.88. The minimum absolute atomic E-state index is 0. The molecule has 1 aromatic heterocycles. The van der Waals surface area contributed by atoms with Crippen LogP contribution in [0.2, 0.25) is 0 Å². The maximum atomic E-state index is 5.57. The van der Waals surface area contributed by atoms with Crippen LogP contribution in [-0.2, 0) is 0 Å². The van der Waals surface area contributed by atoms with E-state index in [1.54, 1.807) is 11.8 Å². The molecule has 116 valence electrons. The van der Waals surface area contributed by atoms with Crippen molar-refractivity contribution in [2.75, 3.05) is 24.4 Å². The molecule has 1 N–H and O–H groups in total. The molecule has 2 aliphatic rings. The summed E-state index contributed by atoms with van der Waals surface area (Å²) in [4.78, 5) is 4.62. The van der Waals surface area contributed by atoms with Gasteiger partial charge >= 0.3 is 0 Å². The van der Waals surface area contributed by atoms with E-state index in [1.807, 2.05) is 29.8 Å². The zero-order valence-electron chi connectivity index (χ0n) is 11.8. The molecule has 0 fully saturated rings. The summed E-state index contributed by atoms with van der Waals surface area (Å²) in [5.74, 6) is 3.91. The van der Waals surface area contributed by atoms with E-state index in [0.717, 1.165) is 39.8 Å². The van der Waals surface area contributed by atoms with E-state index in [1.165, 1.54) is 0 Å². The largest absolute Gasteiger partial charge is 0.486 e. The summed E-state index contributed by atoms with van der Waals surface area (Å²) in [6, 6.07) is 5.70. The number of fused-ring (bicyclic) bond motifs is 2. The second-order valence-electron chi connectivity index (χ2n) is 4.65. The van der Waals surface area contributed by atoms with Crippen molar-refractivity contribution in [2.45, 2.75) is 12.1 Å². The van der Waals surface area contributed by atoms with Gasteiger partial charge in [0.15, 0.2) is 11.5 Å². The van der Waals surface area contributed by atoms with Gasteiger partial charge in [-0.05, 0) is 19.1 Å². The lowest BCUT2D eigenvalue weighted by Crippen LogP contribution is -2.30. The third kappa shape index (κ3) is 2.71. The Morgan fingerprint density at radius 2 is 2.05 bits per heavy atom. The van der Waals surface area contributed by atoms with Gasteiger partial charge in [0.25, 0.3) is 0 Å². The summed E-state index contributed by atoms with van der Waals surface area (Å²) in [6.07, 6.45) is 0. The topological polar surface area (TPSA) is 73.6 Å². The Bertz CT molecular complexity index is 733. The molecule has 0 spiro atoms. The molecule has 7 nitrogen and oxygen atoms in total. The van der Waals surface area contributed by atoms with Crippen molar-refractivity contribution < 1.29 is 9.47 Å². The number of ether oxygens (including phenoxy) is 2. The van der Waals surface area contributed by atoms with Gasteiger partial charge in [-0.25, -0.2) is 9.67 Å². The second-order valence-corrected chi connectivity index (χ2v) is 5.59. The van der Waals surface area contributed by atoms with Crippen molar-refractivity contribution >= 4 is 35.7 Å². The molecule has 0 unspecified atom stereocenters. The first kappa shape index (κ1) is 15.0. The Hall–Kier alpha value is -1.93. The van der Waals surface area contributed by atoms with Crippen LogP contribution in [0.15, 0.2) is 28.3 Å². The number of aromatic nitrogens is 3. The average molecular weight is 340 g/mol. The summed E-state index contributed by atoms with van der Waals surface area (Å²) in [7, 11) is 0. The number of halogens is 1. The molecule has 0 amide bonds. The third-order valence-corrected chi connectivity index (χ3v) is 4.10. The van der Waals surface area contributed by atoms with Gasteiger partial charge in [-0.1, -0.05) is 11.8 Å². The van der Waals surface area contributed by atoms with Gasteiger partial charge in [-0.2, -0.15) is 0 Å². The molecule has 0 atom stereocenters. The van der Waals surface area contributed by atoms with Gasteiger partial charge in [0.2, 0.25) is 5.16 Å². The number of rotatable bonds is 1. The molecule has 22 heavy (non-hydrogen) atoms. The van der Waals surface area contributed by atoms with Crippen LogP contribution in [-0.4, -0.2) is 39.7 Å². The van der Waals surface area contributed by atoms with Crippen LogP contribution in [0.1, 0.15) is 5.82 Å². The molecule has 0 bridgehead atoms. The number of hydrogen-bond donors (Lipinski definition) is 1. The highest BCUT2D eigenvalue weighted by Gasteiger charge is 2.18. The number of nitrogens with one attached hydrogen (secondary N) is 1. The SMILES string of the molecule is Cc1nnc2n1NC(=Nc1ccc3c(c1)OCCO3)CS2.Cl. The fourth-order valence-corrected chi connectivity index (χ4v) is 2.97. The van der Waals surface area contributed by atoms with Crippen LogP contribution in [0, 0.1) is 6.92 Å². The molecule has 0 saturated carbocycles. The zero-order valence-corrected chi connectivity index (χ0v) is 13.4. The van der Waals surface area contributed by atoms with Crippen molar-refractivity contribution in [3.8, 4) is 11.5 Å². The van der Waals surface area contributed by atoms with Crippen molar-refractivity contribution in [2.24, 2.45) is 4.99 Å². The normalized spacial score (nSPS) is 17.4. The van der Waals surface area contributed by atoms with Gasteiger partial charge in [0.1, 0.15) is 24.9 Å². The van der Waals surface area contributed by atoms with Gasteiger partial charge in [-0.15, -0.1) is 22.6 Å². The summed E-state index contributed by atoms with van der Waals surface area (Å²) in [5, 5.41) is 8.97. The molecule has 2 aromatic rings. The van der Waals surface area contributed by atoms with Crippen molar-refractivity contribution in [1.82, 2.24) is 14.9 Å². The quantitative estimate of drug-likeness (QED) is 0.858. The highest BCUT2D eigenvalue weighted by atomic mass is 35.5. The summed E-state index contributed by atoms with van der Waals surface area (Å²) < 4.78 is 12.9. The molecule has 0 saturated heterocycles. The molecule has 4 rings (SSSR count). The molecule has 9 heteroatoms. The maximum absolute atomic E-state index is 5.57. The van der Waals surface area contributed by atoms with Crippen LogP contribution in [0.5, 0.6) is 11.5 Å². The van der Waals surface area contributed by atoms with Gasteiger partial charge in [0, 0.05) is 6.07 Å². The summed E-state index contributed by atoms with van der Waals surface area (Å²) in [5.41, 5.74) is 4.05. The Morgan fingerprint density at radius 3 is 2.91 bits per heavy atom. The van der Waals surface area contributed by atoms with Crippen LogP contribution in [0.25, 0.3) is 0 Å². The number of hydrogen-bond acceptors (Lipinski definition) is 6. The fourth-order valence-electron chi connectivity index (χ4n) is 2.17. The highest BCUT2D eigenvalue weighted by molar-refractivity contribution is 7.99. The Morgan fingerprint density at radius 1 is 1.23 bits per heavy atom. The number of aryl methyl sites for hydroxylation is 1. The summed E-state index contributed by atoms with van der Waals surface area (Å²) in [6.45, 7) is 3.07. The second kappa shape index (κ2) is 6.05. The number of benzene rings is 1. The van der Waals surface area contributed by atoms with E-state index >= 15 is 0 Å². The smallest absolute Gasteiger partial charge is 0.210 e. The van der Waals surface area contributed by atoms with Crippen molar-refractivity contribution in [3.05, 3.63) is 24.0 Å². The van der Waals surface area contributed by atoms with Crippen molar-refractivity contribution in [1.29, 1.82) is 0 Å². The number of thioether (sulfide) groups is 1.